The van der Waals surface area contributed by atoms with Crippen molar-refractivity contribution in [3.8, 4) is 0 Å². The minimum Gasteiger partial charge on any atom is -0.332 e. The highest BCUT2D eigenvalue weighted by Crippen LogP contribution is 2.38. The van der Waals surface area contributed by atoms with Gasteiger partial charge < -0.3 is 10.6 Å². The average molecular weight is 348 g/mol. The number of nitrogens with two attached hydrogens (primary N) is 1. The first-order chi connectivity index (χ1) is 10.0. The maximum Gasteiger partial charge on any atom is 0.225 e. The summed E-state index contributed by atoms with van der Waals surface area (Å²) < 4.78 is 1.00. The van der Waals surface area contributed by atoms with E-state index in [4.69, 9.17) is 5.73 Å². The first-order valence-electron chi connectivity index (χ1n) is 7.10. The molecule has 2 unspecified atom stereocenters. The van der Waals surface area contributed by atoms with E-state index in [-0.39, 0.29) is 24.0 Å². The monoisotopic (exact) mass is 347 g/mol. The Bertz CT molecular complexity index is 701. The molecule has 3 rings (SSSR count). The van der Waals surface area contributed by atoms with Crippen LogP contribution in [0.4, 0.5) is 0 Å². The molecule has 1 aromatic carbocycles. The molecule has 0 bridgehead atoms. The maximum atomic E-state index is 12.2. The van der Waals surface area contributed by atoms with Crippen molar-refractivity contribution in [3.63, 3.8) is 0 Å². The van der Waals surface area contributed by atoms with Gasteiger partial charge in [-0.2, -0.15) is 0 Å². The molecule has 2 heterocycles. The molecule has 2 atom stereocenters. The minimum absolute atomic E-state index is 0.108. The zero-order valence-electron chi connectivity index (χ0n) is 12.1. The van der Waals surface area contributed by atoms with Crippen molar-refractivity contribution in [3.05, 3.63) is 40.5 Å². The molecule has 4 nitrogen and oxygen atoms in total. The SMILES string of the molecule is CC(C)N1C(=O)CC(N)C1c1ccc(Br)c2cccnc12. The van der Waals surface area contributed by atoms with Gasteiger partial charge in [-0.3, -0.25) is 9.78 Å². The molecule has 0 spiro atoms. The zero-order chi connectivity index (χ0) is 15.1. The first kappa shape index (κ1) is 14.5. The molecule has 0 radical (unpaired) electrons. The molecule has 21 heavy (non-hydrogen) atoms. The summed E-state index contributed by atoms with van der Waals surface area (Å²) in [6, 6.07) is 7.80. The molecular formula is C16H18BrN3O. The number of likely N-dealkylation sites (tertiary alicyclic amines) is 1. The van der Waals surface area contributed by atoms with Crippen molar-refractivity contribution in [2.45, 2.75) is 38.4 Å². The molecule has 2 aromatic rings. The van der Waals surface area contributed by atoms with Gasteiger partial charge in [0.05, 0.1) is 11.6 Å². The number of carbonyl (C=O) groups excluding carboxylic acids is 1. The molecule has 1 fully saturated rings. The highest BCUT2D eigenvalue weighted by Gasteiger charge is 2.40. The zero-order valence-corrected chi connectivity index (χ0v) is 13.7. The van der Waals surface area contributed by atoms with E-state index < -0.39 is 0 Å². The Morgan fingerprint density at radius 1 is 1.38 bits per heavy atom. The van der Waals surface area contributed by atoms with Crippen LogP contribution in [0.25, 0.3) is 10.9 Å². The molecule has 5 heteroatoms. The Kier molecular flexibility index (Phi) is 3.71. The van der Waals surface area contributed by atoms with Crippen LogP contribution in [-0.4, -0.2) is 27.9 Å². The Labute approximate surface area is 132 Å². The second kappa shape index (κ2) is 5.39. The van der Waals surface area contributed by atoms with Gasteiger partial charge in [-0.15, -0.1) is 0 Å². The quantitative estimate of drug-likeness (QED) is 0.908. The topological polar surface area (TPSA) is 59.2 Å². The van der Waals surface area contributed by atoms with Crippen LogP contribution in [0, 0.1) is 0 Å². The van der Waals surface area contributed by atoms with Crippen LogP contribution in [0.3, 0.4) is 0 Å². The van der Waals surface area contributed by atoms with Gasteiger partial charge in [0.25, 0.3) is 0 Å². The van der Waals surface area contributed by atoms with Crippen LogP contribution in [0.15, 0.2) is 34.9 Å². The van der Waals surface area contributed by atoms with Crippen LogP contribution in [0.2, 0.25) is 0 Å². The summed E-state index contributed by atoms with van der Waals surface area (Å²) in [7, 11) is 0. The van der Waals surface area contributed by atoms with Crippen molar-refractivity contribution >= 4 is 32.7 Å². The number of hydrogen-bond acceptors (Lipinski definition) is 3. The van der Waals surface area contributed by atoms with E-state index >= 15 is 0 Å². The molecule has 1 amide bonds. The van der Waals surface area contributed by atoms with E-state index in [0.29, 0.717) is 6.42 Å². The first-order valence-corrected chi connectivity index (χ1v) is 7.90. The Morgan fingerprint density at radius 2 is 2.14 bits per heavy atom. The highest BCUT2D eigenvalue weighted by atomic mass is 79.9. The lowest BCUT2D eigenvalue weighted by molar-refractivity contribution is -0.130. The van der Waals surface area contributed by atoms with Gasteiger partial charge in [0.15, 0.2) is 0 Å². The lowest BCUT2D eigenvalue weighted by Crippen LogP contribution is -2.37. The van der Waals surface area contributed by atoms with E-state index in [9.17, 15) is 4.79 Å². The molecular weight excluding hydrogens is 330 g/mol. The van der Waals surface area contributed by atoms with Crippen LogP contribution >= 0.6 is 15.9 Å². The fourth-order valence-electron chi connectivity index (χ4n) is 3.17. The fourth-order valence-corrected chi connectivity index (χ4v) is 3.62. The number of halogens is 1. The minimum atomic E-state index is -0.189. The predicted octanol–water partition coefficient (Wildman–Crippen LogP) is 3.01. The summed E-state index contributed by atoms with van der Waals surface area (Å²) in [6.07, 6.45) is 2.17. The van der Waals surface area contributed by atoms with E-state index in [0.717, 1.165) is 20.9 Å². The van der Waals surface area contributed by atoms with E-state index in [1.165, 1.54) is 0 Å². The van der Waals surface area contributed by atoms with Gasteiger partial charge in [0.2, 0.25) is 5.91 Å². The van der Waals surface area contributed by atoms with Crippen molar-refractivity contribution in [1.29, 1.82) is 0 Å². The average Bonchev–Trinajstić information content (AvgIpc) is 2.74. The van der Waals surface area contributed by atoms with Gasteiger partial charge in [-0.1, -0.05) is 28.1 Å². The summed E-state index contributed by atoms with van der Waals surface area (Å²) in [5.41, 5.74) is 8.20. The number of fused-ring (bicyclic) bond motifs is 1. The number of rotatable bonds is 2. The third kappa shape index (κ3) is 2.34. The molecule has 1 saturated heterocycles. The Hall–Kier alpha value is -1.46. The van der Waals surface area contributed by atoms with E-state index in [2.05, 4.69) is 20.9 Å². The summed E-state index contributed by atoms with van der Waals surface area (Å²) in [6.45, 7) is 4.05. The maximum absolute atomic E-state index is 12.2. The molecule has 0 aliphatic carbocycles. The van der Waals surface area contributed by atoms with E-state index in [1.54, 1.807) is 6.20 Å². The molecule has 1 aliphatic heterocycles. The van der Waals surface area contributed by atoms with Crippen LogP contribution in [0.1, 0.15) is 31.9 Å². The Balaban J connectivity index is 2.20. The number of benzene rings is 1. The lowest BCUT2D eigenvalue weighted by atomic mass is 9.97. The smallest absolute Gasteiger partial charge is 0.225 e. The summed E-state index contributed by atoms with van der Waals surface area (Å²) >= 11 is 3.56. The van der Waals surface area contributed by atoms with Crippen LogP contribution in [-0.2, 0) is 4.79 Å². The Morgan fingerprint density at radius 3 is 2.86 bits per heavy atom. The second-order valence-electron chi connectivity index (χ2n) is 5.74. The van der Waals surface area contributed by atoms with Gasteiger partial charge in [-0.05, 0) is 26.0 Å². The van der Waals surface area contributed by atoms with Crippen molar-refractivity contribution in [2.24, 2.45) is 5.73 Å². The number of aromatic nitrogens is 1. The summed E-state index contributed by atoms with van der Waals surface area (Å²) in [5.74, 6) is 0.120. The van der Waals surface area contributed by atoms with Crippen LogP contribution in [0.5, 0.6) is 0 Å². The normalized spacial score (nSPS) is 22.5. The standard InChI is InChI=1S/C16H18BrN3O/c1-9(2)20-14(21)8-13(18)16(20)11-5-6-12(17)10-4-3-7-19-15(10)11/h3-7,9,13,16H,8,18H2,1-2H3. The van der Waals surface area contributed by atoms with Crippen molar-refractivity contribution in [2.75, 3.05) is 0 Å². The second-order valence-corrected chi connectivity index (χ2v) is 6.60. The summed E-state index contributed by atoms with van der Waals surface area (Å²) in [4.78, 5) is 18.6. The van der Waals surface area contributed by atoms with Crippen LogP contribution < -0.4 is 5.73 Å². The number of amides is 1. The molecule has 110 valence electrons. The molecule has 1 aromatic heterocycles. The summed E-state index contributed by atoms with van der Waals surface area (Å²) in [5, 5.41) is 1.05. The third-order valence-electron chi connectivity index (χ3n) is 4.03. The third-order valence-corrected chi connectivity index (χ3v) is 4.72. The van der Waals surface area contributed by atoms with Crippen molar-refractivity contribution < 1.29 is 4.79 Å². The molecule has 1 aliphatic rings. The largest absolute Gasteiger partial charge is 0.332 e. The molecule has 2 N–H and O–H groups in total. The van der Waals surface area contributed by atoms with Gasteiger partial charge >= 0.3 is 0 Å². The predicted molar refractivity (Wildman–Crippen MR) is 86.8 cm³/mol. The fraction of sp³-hybridized carbons (Fsp3) is 0.375. The highest BCUT2D eigenvalue weighted by molar-refractivity contribution is 9.10. The van der Waals surface area contributed by atoms with Gasteiger partial charge in [0, 0.05) is 40.1 Å². The molecule has 0 saturated carbocycles. The lowest BCUT2D eigenvalue weighted by Gasteiger charge is -2.31. The van der Waals surface area contributed by atoms with Crippen molar-refractivity contribution in [1.82, 2.24) is 9.88 Å². The van der Waals surface area contributed by atoms with E-state index in [1.807, 2.05) is 43.0 Å². The van der Waals surface area contributed by atoms with Gasteiger partial charge in [-0.25, -0.2) is 0 Å². The number of pyridine rings is 1. The number of hydrogen-bond donors (Lipinski definition) is 1. The number of carbonyl (C=O) groups is 1. The van der Waals surface area contributed by atoms with Gasteiger partial charge in [0.1, 0.15) is 0 Å². The number of nitrogens with zero attached hydrogens (tertiary/aromatic N) is 2.